The molecule has 120 valence electrons. The molecule has 1 aromatic heterocycles. The van der Waals surface area contributed by atoms with Crippen molar-refractivity contribution in [3.63, 3.8) is 0 Å². The second-order valence-corrected chi connectivity index (χ2v) is 4.78. The van der Waals surface area contributed by atoms with Gasteiger partial charge in [0.15, 0.2) is 0 Å². The summed E-state index contributed by atoms with van der Waals surface area (Å²) in [5.41, 5.74) is -1.80. The smallest absolute Gasteiger partial charge is 0.396 e. The molecule has 22 heavy (non-hydrogen) atoms. The van der Waals surface area contributed by atoms with Crippen LogP contribution in [0.25, 0.3) is 11.0 Å². The van der Waals surface area contributed by atoms with Crippen LogP contribution in [0.2, 0.25) is 0 Å². The van der Waals surface area contributed by atoms with E-state index >= 15 is 0 Å². The van der Waals surface area contributed by atoms with Gasteiger partial charge < -0.3 is 9.67 Å². The maximum absolute atomic E-state index is 13.6. The van der Waals surface area contributed by atoms with Crippen molar-refractivity contribution in [2.45, 2.75) is 31.7 Å². The van der Waals surface area contributed by atoms with Gasteiger partial charge in [-0.2, -0.15) is 13.2 Å². The summed E-state index contributed by atoms with van der Waals surface area (Å²) in [6.07, 6.45) is -7.84. The minimum atomic E-state index is -5.18. The molecule has 0 radical (unpaired) electrons. The van der Waals surface area contributed by atoms with E-state index in [2.05, 4.69) is 4.98 Å². The van der Waals surface area contributed by atoms with Crippen LogP contribution in [0.5, 0.6) is 0 Å². The number of aliphatic hydroxyl groups excluding tert-OH is 1. The highest BCUT2D eigenvalue weighted by Gasteiger charge is 2.44. The summed E-state index contributed by atoms with van der Waals surface area (Å²) in [7, 11) is 0. The molecule has 0 amide bonds. The van der Waals surface area contributed by atoms with Crippen LogP contribution in [0.1, 0.15) is 24.7 Å². The van der Waals surface area contributed by atoms with Crippen LogP contribution in [0, 0.1) is 0 Å². The van der Waals surface area contributed by atoms with Crippen LogP contribution >= 0.6 is 0 Å². The normalized spacial score (nSPS) is 13.5. The molecule has 8 heteroatoms. The Hall–Kier alpha value is -1.96. The Labute approximate surface area is 123 Å². The van der Waals surface area contributed by atoms with Crippen molar-refractivity contribution in [1.82, 2.24) is 9.55 Å². The van der Waals surface area contributed by atoms with Gasteiger partial charge in [-0.05, 0) is 25.0 Å². The van der Waals surface area contributed by atoms with Gasteiger partial charge in [0.2, 0.25) is 6.17 Å². The summed E-state index contributed by atoms with van der Waals surface area (Å²) in [5.74, 6) is 0. The maximum Gasteiger partial charge on any atom is 0.425 e. The van der Waals surface area contributed by atoms with E-state index in [0.717, 1.165) is 4.57 Å². The lowest BCUT2D eigenvalue weighted by Crippen LogP contribution is -2.31. The average molecular weight is 318 g/mol. The summed E-state index contributed by atoms with van der Waals surface area (Å²) in [6.45, 7) is -0.0150. The van der Waals surface area contributed by atoms with Crippen LogP contribution in [-0.4, -0.2) is 27.4 Å². The van der Waals surface area contributed by atoms with Gasteiger partial charge in [0.25, 0.3) is 5.56 Å². The number of rotatable bonds is 5. The summed E-state index contributed by atoms with van der Waals surface area (Å²) in [4.78, 5) is 15.7. The number of hydrogen-bond donors (Lipinski definition) is 1. The monoisotopic (exact) mass is 318 g/mol. The number of nitrogens with zero attached hydrogens (tertiary/aromatic N) is 2. The highest BCUT2D eigenvalue weighted by atomic mass is 19.4. The number of para-hydroxylation sites is 2. The summed E-state index contributed by atoms with van der Waals surface area (Å²) in [6, 6.07) is 6.11. The number of aryl methyl sites for hydroxylation is 1. The predicted molar refractivity (Wildman–Crippen MR) is 72.2 cm³/mol. The lowest BCUT2D eigenvalue weighted by atomic mass is 10.2. The van der Waals surface area contributed by atoms with Gasteiger partial charge in [-0.1, -0.05) is 12.1 Å². The van der Waals surface area contributed by atoms with Crippen LogP contribution in [0.3, 0.4) is 0 Å². The zero-order valence-electron chi connectivity index (χ0n) is 11.5. The molecule has 0 aliphatic heterocycles. The maximum atomic E-state index is 13.6. The third-order valence-electron chi connectivity index (χ3n) is 3.19. The minimum absolute atomic E-state index is 0.0833. The van der Waals surface area contributed by atoms with E-state index in [1.165, 1.54) is 12.1 Å². The molecule has 2 aromatic rings. The van der Waals surface area contributed by atoms with Crippen molar-refractivity contribution in [2.75, 3.05) is 6.61 Å². The van der Waals surface area contributed by atoms with Gasteiger partial charge in [-0.25, -0.2) is 9.37 Å². The van der Waals surface area contributed by atoms with Gasteiger partial charge in [-0.3, -0.25) is 4.79 Å². The van der Waals surface area contributed by atoms with Crippen molar-refractivity contribution in [3.05, 3.63) is 40.3 Å². The highest BCUT2D eigenvalue weighted by Crippen LogP contribution is 2.34. The molecule has 1 unspecified atom stereocenters. The Kier molecular flexibility index (Phi) is 4.80. The molecule has 4 nitrogen and oxygen atoms in total. The van der Waals surface area contributed by atoms with Crippen molar-refractivity contribution in [2.24, 2.45) is 0 Å². The molecule has 0 saturated carbocycles. The largest absolute Gasteiger partial charge is 0.425 e. The molecular weight excluding hydrogens is 304 g/mol. The number of alkyl halides is 4. The molecule has 0 saturated heterocycles. The van der Waals surface area contributed by atoms with Crippen molar-refractivity contribution in [1.29, 1.82) is 0 Å². The number of aliphatic hydroxyl groups is 1. The zero-order chi connectivity index (χ0) is 16.3. The van der Waals surface area contributed by atoms with E-state index in [0.29, 0.717) is 18.4 Å². The van der Waals surface area contributed by atoms with Gasteiger partial charge in [-0.15, -0.1) is 0 Å². The molecule has 1 N–H and O–H groups in total. The highest BCUT2D eigenvalue weighted by molar-refractivity contribution is 5.74. The van der Waals surface area contributed by atoms with Crippen LogP contribution in [0.15, 0.2) is 29.1 Å². The number of fused-ring (bicyclic) bond motifs is 1. The predicted octanol–water partition coefficient (Wildman–Crippen LogP) is 2.74. The van der Waals surface area contributed by atoms with E-state index in [1.54, 1.807) is 12.1 Å². The van der Waals surface area contributed by atoms with Gasteiger partial charge in [0.05, 0.1) is 11.0 Å². The molecule has 0 aliphatic carbocycles. The molecular formula is C14H14F4N2O2. The van der Waals surface area contributed by atoms with Crippen LogP contribution < -0.4 is 5.56 Å². The van der Waals surface area contributed by atoms with E-state index in [-0.39, 0.29) is 18.7 Å². The lowest BCUT2D eigenvalue weighted by molar-refractivity contribution is -0.184. The van der Waals surface area contributed by atoms with Crippen molar-refractivity contribution >= 4 is 11.0 Å². The fraction of sp³-hybridized carbons (Fsp3) is 0.429. The Morgan fingerprint density at radius 1 is 1.23 bits per heavy atom. The second kappa shape index (κ2) is 6.43. The quantitative estimate of drug-likeness (QED) is 0.681. The topological polar surface area (TPSA) is 55.1 Å². The van der Waals surface area contributed by atoms with Crippen molar-refractivity contribution in [3.8, 4) is 0 Å². The van der Waals surface area contributed by atoms with Gasteiger partial charge >= 0.3 is 6.18 Å². The molecule has 1 aromatic carbocycles. The van der Waals surface area contributed by atoms with E-state index < -0.39 is 23.6 Å². The van der Waals surface area contributed by atoms with E-state index in [1.807, 2.05) is 0 Å². The number of hydrogen-bond acceptors (Lipinski definition) is 3. The lowest BCUT2D eigenvalue weighted by Gasteiger charge is -2.15. The van der Waals surface area contributed by atoms with E-state index in [9.17, 15) is 22.4 Å². The number of aromatic nitrogens is 2. The zero-order valence-corrected chi connectivity index (χ0v) is 11.5. The Morgan fingerprint density at radius 2 is 1.91 bits per heavy atom. The first-order valence-corrected chi connectivity index (χ1v) is 6.67. The number of benzene rings is 1. The Balaban J connectivity index is 2.59. The fourth-order valence-electron chi connectivity index (χ4n) is 2.14. The molecule has 2 rings (SSSR count). The summed E-state index contributed by atoms with van der Waals surface area (Å²) < 4.78 is 52.3. The van der Waals surface area contributed by atoms with Gasteiger partial charge in [0.1, 0.15) is 5.69 Å². The van der Waals surface area contributed by atoms with Crippen molar-refractivity contribution < 1.29 is 22.7 Å². The molecule has 0 bridgehead atoms. The molecule has 1 heterocycles. The number of halogens is 4. The third-order valence-corrected chi connectivity index (χ3v) is 3.19. The Bertz CT molecular complexity index is 712. The molecule has 1 atom stereocenters. The SMILES string of the molecule is O=c1c(C(F)C(F)(F)F)nc2ccccc2n1CCCCO. The first kappa shape index (κ1) is 16.4. The van der Waals surface area contributed by atoms with Crippen LogP contribution in [-0.2, 0) is 6.54 Å². The first-order valence-electron chi connectivity index (χ1n) is 6.67. The minimum Gasteiger partial charge on any atom is -0.396 e. The fourth-order valence-corrected chi connectivity index (χ4v) is 2.14. The Morgan fingerprint density at radius 3 is 2.55 bits per heavy atom. The average Bonchev–Trinajstić information content (AvgIpc) is 2.47. The summed E-state index contributed by atoms with van der Waals surface area (Å²) >= 11 is 0. The van der Waals surface area contributed by atoms with Gasteiger partial charge in [0, 0.05) is 13.2 Å². The third kappa shape index (κ3) is 3.27. The van der Waals surface area contributed by atoms with E-state index in [4.69, 9.17) is 5.11 Å². The second-order valence-electron chi connectivity index (χ2n) is 4.78. The summed E-state index contributed by atoms with van der Waals surface area (Å²) in [5, 5.41) is 8.77. The first-order chi connectivity index (χ1) is 10.4. The van der Waals surface area contributed by atoms with Crippen LogP contribution in [0.4, 0.5) is 17.6 Å². The molecule has 0 spiro atoms. The number of unbranched alkanes of at least 4 members (excludes halogenated alkanes) is 1. The standard InChI is InChI=1S/C14H14F4N2O2/c15-12(14(16,17)18)11-13(22)20(7-3-4-8-21)10-6-2-1-5-9(10)19-11/h1-2,5-6,12,21H,3-4,7-8H2. The molecule has 0 aliphatic rings. The molecule has 0 fully saturated rings.